The van der Waals surface area contributed by atoms with Gasteiger partial charge in [-0.1, -0.05) is 38.7 Å². The summed E-state index contributed by atoms with van der Waals surface area (Å²) in [4.78, 5) is 0. The fourth-order valence-electron chi connectivity index (χ4n) is 3.52. The largest absolute Gasteiger partial charge is 0.390 e. The molecule has 2 heteroatoms. The zero-order valence-corrected chi connectivity index (χ0v) is 12.8. The number of aliphatic hydroxyl groups is 1. The summed E-state index contributed by atoms with van der Waals surface area (Å²) >= 11 is 0. The number of rotatable bonds is 4. The first-order chi connectivity index (χ1) is 9.52. The van der Waals surface area contributed by atoms with Crippen molar-refractivity contribution in [3.05, 3.63) is 35.1 Å². The van der Waals surface area contributed by atoms with Crippen LogP contribution in [-0.4, -0.2) is 10.7 Å². The molecule has 0 amide bonds. The molecule has 1 fully saturated rings. The quantitative estimate of drug-likeness (QED) is 0.785. The van der Waals surface area contributed by atoms with E-state index in [4.69, 9.17) is 0 Å². The van der Waals surface area contributed by atoms with Gasteiger partial charge in [-0.3, -0.25) is 0 Å². The van der Waals surface area contributed by atoms with Gasteiger partial charge >= 0.3 is 0 Å². The van der Waals surface area contributed by atoms with Crippen LogP contribution >= 0.6 is 0 Å². The van der Waals surface area contributed by atoms with Crippen LogP contribution < -0.4 is 0 Å². The molecule has 0 radical (unpaired) electrons. The van der Waals surface area contributed by atoms with Crippen molar-refractivity contribution >= 4 is 0 Å². The first-order valence-electron chi connectivity index (χ1n) is 8.00. The molecule has 1 aliphatic carbocycles. The molecule has 0 bridgehead atoms. The van der Waals surface area contributed by atoms with Crippen molar-refractivity contribution < 1.29 is 9.50 Å². The monoisotopic (exact) mass is 278 g/mol. The van der Waals surface area contributed by atoms with E-state index in [-0.39, 0.29) is 5.82 Å². The van der Waals surface area contributed by atoms with Crippen LogP contribution in [0.1, 0.15) is 63.0 Å². The van der Waals surface area contributed by atoms with Crippen molar-refractivity contribution in [3.63, 3.8) is 0 Å². The summed E-state index contributed by atoms with van der Waals surface area (Å²) in [5.41, 5.74) is 1.40. The lowest BCUT2D eigenvalue weighted by molar-refractivity contribution is 0.0239. The molecule has 0 aromatic heterocycles. The third kappa shape index (κ3) is 4.05. The highest BCUT2D eigenvalue weighted by molar-refractivity contribution is 5.28. The molecule has 1 aliphatic rings. The van der Waals surface area contributed by atoms with Crippen LogP contribution in [0.3, 0.4) is 0 Å². The highest BCUT2D eigenvalue weighted by Gasteiger charge is 2.31. The molecular formula is C18H27FO. The van der Waals surface area contributed by atoms with Gasteiger partial charge in [-0.15, -0.1) is 0 Å². The van der Waals surface area contributed by atoms with E-state index < -0.39 is 5.60 Å². The van der Waals surface area contributed by atoms with Gasteiger partial charge in [0.15, 0.2) is 0 Å². The number of hydrogen-bond donors (Lipinski definition) is 1. The minimum absolute atomic E-state index is 0.202. The van der Waals surface area contributed by atoms with E-state index in [1.807, 2.05) is 13.0 Å². The van der Waals surface area contributed by atoms with Gasteiger partial charge in [0.05, 0.1) is 5.60 Å². The van der Waals surface area contributed by atoms with Crippen LogP contribution in [0.15, 0.2) is 18.2 Å². The molecule has 1 nitrogen and oxygen atoms in total. The minimum Gasteiger partial charge on any atom is -0.390 e. The van der Waals surface area contributed by atoms with Crippen molar-refractivity contribution in [3.8, 4) is 0 Å². The lowest BCUT2D eigenvalue weighted by atomic mass is 9.85. The van der Waals surface area contributed by atoms with Crippen LogP contribution in [0.5, 0.6) is 0 Å². The zero-order valence-electron chi connectivity index (χ0n) is 12.8. The maximum atomic E-state index is 13.4. The second-order valence-electron chi connectivity index (χ2n) is 6.56. The summed E-state index contributed by atoms with van der Waals surface area (Å²) in [5.74, 6) is 0.564. The van der Waals surface area contributed by atoms with Gasteiger partial charge in [0, 0.05) is 6.42 Å². The van der Waals surface area contributed by atoms with Gasteiger partial charge in [0.1, 0.15) is 5.82 Å². The molecule has 2 unspecified atom stereocenters. The molecule has 112 valence electrons. The highest BCUT2D eigenvalue weighted by atomic mass is 19.1. The Bertz CT molecular complexity index is 443. The molecule has 0 aliphatic heterocycles. The Morgan fingerprint density at radius 2 is 2.10 bits per heavy atom. The Kier molecular flexibility index (Phi) is 5.20. The second kappa shape index (κ2) is 6.71. The lowest BCUT2D eigenvalue weighted by Crippen LogP contribution is -2.31. The highest BCUT2D eigenvalue weighted by Crippen LogP contribution is 2.35. The fourth-order valence-corrected chi connectivity index (χ4v) is 3.52. The predicted molar refractivity (Wildman–Crippen MR) is 81.3 cm³/mol. The molecular weight excluding hydrogens is 251 g/mol. The van der Waals surface area contributed by atoms with Crippen molar-refractivity contribution in [1.82, 2.24) is 0 Å². The summed E-state index contributed by atoms with van der Waals surface area (Å²) in [5, 5.41) is 10.9. The average molecular weight is 278 g/mol. The summed E-state index contributed by atoms with van der Waals surface area (Å²) < 4.78 is 13.4. The Labute approximate surface area is 122 Å². The summed E-state index contributed by atoms with van der Waals surface area (Å²) in [6.07, 6.45) is 8.24. The van der Waals surface area contributed by atoms with Crippen LogP contribution in [0, 0.1) is 18.7 Å². The average Bonchev–Trinajstić information content (AvgIpc) is 2.57. The van der Waals surface area contributed by atoms with Crippen LogP contribution in [0.4, 0.5) is 4.39 Å². The molecule has 20 heavy (non-hydrogen) atoms. The maximum absolute atomic E-state index is 13.4. The summed E-state index contributed by atoms with van der Waals surface area (Å²) in [7, 11) is 0. The lowest BCUT2D eigenvalue weighted by Gasteiger charge is -2.27. The van der Waals surface area contributed by atoms with E-state index >= 15 is 0 Å². The van der Waals surface area contributed by atoms with Gasteiger partial charge < -0.3 is 5.11 Å². The standard InChI is InChI=1S/C18H27FO/c1-3-5-15-6-4-10-18(20,11-9-15)13-16-12-17(19)8-7-14(16)2/h7-8,12,15,20H,3-6,9-11,13H2,1-2H3. The topological polar surface area (TPSA) is 20.2 Å². The van der Waals surface area contributed by atoms with Crippen LogP contribution in [0.25, 0.3) is 0 Å². The molecule has 0 saturated heterocycles. The molecule has 1 aromatic carbocycles. The third-order valence-electron chi connectivity index (χ3n) is 4.80. The van der Waals surface area contributed by atoms with Gasteiger partial charge in [-0.2, -0.15) is 0 Å². The molecule has 1 N–H and O–H groups in total. The third-order valence-corrected chi connectivity index (χ3v) is 4.80. The van der Waals surface area contributed by atoms with Crippen molar-refractivity contribution in [2.75, 3.05) is 0 Å². The SMILES string of the molecule is CCCC1CCCC(O)(Cc2cc(F)ccc2C)CC1. The normalized spacial score (nSPS) is 27.3. The van der Waals surface area contributed by atoms with Crippen LogP contribution in [0.2, 0.25) is 0 Å². The first kappa shape index (κ1) is 15.5. The molecule has 2 rings (SSSR count). The van der Waals surface area contributed by atoms with Crippen molar-refractivity contribution in [1.29, 1.82) is 0 Å². The van der Waals surface area contributed by atoms with Crippen LogP contribution in [-0.2, 0) is 6.42 Å². The number of halogens is 1. The minimum atomic E-state index is -0.638. The number of hydrogen-bond acceptors (Lipinski definition) is 1. The molecule has 1 aromatic rings. The van der Waals surface area contributed by atoms with Gasteiger partial charge in [0.25, 0.3) is 0 Å². The Morgan fingerprint density at radius 3 is 2.85 bits per heavy atom. The Hall–Kier alpha value is -0.890. The maximum Gasteiger partial charge on any atom is 0.123 e. The van der Waals surface area contributed by atoms with Gasteiger partial charge in [-0.05, 0) is 55.4 Å². The Balaban J connectivity index is 2.05. The van der Waals surface area contributed by atoms with E-state index in [0.29, 0.717) is 6.42 Å². The van der Waals surface area contributed by atoms with E-state index in [1.165, 1.54) is 25.3 Å². The summed E-state index contributed by atoms with van der Waals surface area (Å²) in [6.45, 7) is 4.22. The van der Waals surface area contributed by atoms with Crippen molar-refractivity contribution in [2.45, 2.75) is 70.8 Å². The van der Waals surface area contributed by atoms with E-state index in [1.54, 1.807) is 6.07 Å². The summed E-state index contributed by atoms with van der Waals surface area (Å²) in [6, 6.07) is 4.89. The second-order valence-corrected chi connectivity index (χ2v) is 6.56. The fraction of sp³-hybridized carbons (Fsp3) is 0.667. The predicted octanol–water partition coefficient (Wildman–Crippen LogP) is 4.79. The smallest absolute Gasteiger partial charge is 0.123 e. The number of benzene rings is 1. The van der Waals surface area contributed by atoms with Gasteiger partial charge in [-0.25, -0.2) is 4.39 Å². The first-order valence-corrected chi connectivity index (χ1v) is 8.00. The van der Waals surface area contributed by atoms with Gasteiger partial charge in [0.2, 0.25) is 0 Å². The molecule has 2 atom stereocenters. The molecule has 1 saturated carbocycles. The number of aryl methyl sites for hydroxylation is 1. The van der Waals surface area contributed by atoms with Crippen molar-refractivity contribution in [2.24, 2.45) is 5.92 Å². The molecule has 0 heterocycles. The van der Waals surface area contributed by atoms with E-state index in [2.05, 4.69) is 6.92 Å². The molecule has 0 spiro atoms. The van der Waals surface area contributed by atoms with E-state index in [0.717, 1.165) is 42.7 Å². The zero-order chi connectivity index (χ0) is 14.6. The Morgan fingerprint density at radius 1 is 1.30 bits per heavy atom. The van der Waals surface area contributed by atoms with E-state index in [9.17, 15) is 9.50 Å².